The van der Waals surface area contributed by atoms with Crippen LogP contribution in [0.5, 0.6) is 11.5 Å². The van der Waals surface area contributed by atoms with Gasteiger partial charge < -0.3 is 14.7 Å². The fourth-order valence-electron chi connectivity index (χ4n) is 4.95. The van der Waals surface area contributed by atoms with Gasteiger partial charge in [0, 0.05) is 43.5 Å². The van der Waals surface area contributed by atoms with Gasteiger partial charge in [-0.3, -0.25) is 9.40 Å². The van der Waals surface area contributed by atoms with Crippen molar-refractivity contribution in [3.05, 3.63) is 95.6 Å². The first kappa shape index (κ1) is 32.2. The average Bonchev–Trinajstić information content (AvgIpc) is 3.68. The number of benzene rings is 3. The maximum atomic E-state index is 12.9. The third kappa shape index (κ3) is 7.36. The molecule has 11 nitrogen and oxygen atoms in total. The lowest BCUT2D eigenvalue weighted by atomic mass is 9.94. The number of rotatable bonds is 10. The first-order chi connectivity index (χ1) is 21.8. The Labute approximate surface area is 271 Å². The Hall–Kier alpha value is -5.19. The number of ether oxygens (including phenoxy) is 1. The van der Waals surface area contributed by atoms with E-state index in [4.69, 9.17) is 4.74 Å². The largest absolute Gasteiger partial charge is 0.465 e. The van der Waals surface area contributed by atoms with Crippen molar-refractivity contribution >= 4 is 32.6 Å². The third-order valence-electron chi connectivity index (χ3n) is 6.96. The lowest BCUT2D eigenvalue weighted by molar-refractivity contribution is 0.123. The highest BCUT2D eigenvalue weighted by atomic mass is 32.2. The van der Waals surface area contributed by atoms with E-state index in [1.165, 1.54) is 29.3 Å². The summed E-state index contributed by atoms with van der Waals surface area (Å²) >= 11 is 1.14. The predicted octanol–water partition coefficient (Wildman–Crippen LogP) is 7.20. The predicted molar refractivity (Wildman–Crippen MR) is 176 cm³/mol. The minimum atomic E-state index is -3.98. The molecule has 0 radical (unpaired) electrons. The molecule has 2 N–H and O–H groups in total. The number of amides is 1. The number of anilines is 1. The summed E-state index contributed by atoms with van der Waals surface area (Å²) in [6.07, 6.45) is 2.16. The van der Waals surface area contributed by atoms with Crippen LogP contribution in [-0.2, 0) is 23.6 Å². The van der Waals surface area contributed by atoms with Crippen molar-refractivity contribution in [2.45, 2.75) is 32.2 Å². The van der Waals surface area contributed by atoms with E-state index in [1.807, 2.05) is 69.3 Å². The lowest BCUT2D eigenvalue weighted by Gasteiger charge is -2.28. The van der Waals surface area contributed by atoms with Crippen molar-refractivity contribution in [2.24, 2.45) is 12.5 Å². The zero-order valence-electron chi connectivity index (χ0n) is 25.6. The van der Waals surface area contributed by atoms with E-state index in [0.717, 1.165) is 33.7 Å². The lowest BCUT2D eigenvalue weighted by Crippen LogP contribution is -2.36. The van der Waals surface area contributed by atoms with Crippen LogP contribution in [0.1, 0.15) is 31.9 Å². The summed E-state index contributed by atoms with van der Waals surface area (Å²) in [6, 6.07) is 21.2. The highest BCUT2D eigenvalue weighted by Crippen LogP contribution is 2.39. The smallest absolute Gasteiger partial charge is 0.407 e. The molecule has 0 spiro atoms. The van der Waals surface area contributed by atoms with Gasteiger partial charge in [-0.1, -0.05) is 51.1 Å². The molecule has 0 bridgehead atoms. The van der Waals surface area contributed by atoms with E-state index in [-0.39, 0.29) is 33.3 Å². The highest BCUT2D eigenvalue weighted by Gasteiger charge is 2.23. The third-order valence-corrected chi connectivity index (χ3v) is 9.11. The van der Waals surface area contributed by atoms with Crippen LogP contribution in [0.2, 0.25) is 0 Å². The van der Waals surface area contributed by atoms with Crippen molar-refractivity contribution in [2.75, 3.05) is 11.3 Å². The number of hydrogen-bond acceptors (Lipinski definition) is 8. The quantitative estimate of drug-likeness (QED) is 0.160. The molecule has 0 aliphatic carbocycles. The summed E-state index contributed by atoms with van der Waals surface area (Å²) in [6.45, 7) is 6.57. The van der Waals surface area contributed by atoms with Crippen molar-refractivity contribution in [3.8, 4) is 40.0 Å². The molecule has 0 aliphatic rings. The van der Waals surface area contributed by atoms with Gasteiger partial charge >= 0.3 is 6.09 Å². The number of nitrogens with zero attached hydrogens (tertiary/aromatic N) is 5. The van der Waals surface area contributed by atoms with Gasteiger partial charge in [0.2, 0.25) is 0 Å². The Bertz CT molecular complexity index is 2030. The van der Waals surface area contributed by atoms with Crippen molar-refractivity contribution in [1.29, 1.82) is 5.26 Å². The molecule has 1 amide bonds. The van der Waals surface area contributed by atoms with Crippen molar-refractivity contribution in [3.63, 3.8) is 0 Å². The normalized spacial score (nSPS) is 11.5. The SMILES string of the molecule is Cn1nccc1-c1cc(-c2ccccc2CN(CC(C)(C)C)C(=O)O)ccc1Oc1ccc(S(=O)(=O)Nc2nccs2)cc1C#N. The van der Waals surface area contributed by atoms with Gasteiger partial charge in [0.1, 0.15) is 17.6 Å². The van der Waals surface area contributed by atoms with Gasteiger partial charge in [0.25, 0.3) is 10.0 Å². The Balaban J connectivity index is 1.52. The number of nitrogens with one attached hydrogen (secondary N) is 1. The standard InChI is InChI=1S/C33H32N6O5S2/c1-33(2,3)21-39(32(40)41)20-23-7-5-6-8-26(23)22-9-11-30(27(18-22)28-13-14-36-38(28)4)44-29-12-10-25(17-24(29)19-34)46(42,43)37-31-35-15-16-45-31/h5-18H,20-21H2,1-4H3,(H,35,37)(H,40,41). The Morgan fingerprint density at radius 2 is 1.83 bits per heavy atom. The first-order valence-corrected chi connectivity index (χ1v) is 16.5. The van der Waals surface area contributed by atoms with Crippen molar-refractivity contribution in [1.82, 2.24) is 19.7 Å². The zero-order chi connectivity index (χ0) is 33.1. The summed E-state index contributed by atoms with van der Waals surface area (Å²) in [5, 5.41) is 26.0. The van der Waals surface area contributed by atoms with Gasteiger partial charge in [0.05, 0.1) is 16.2 Å². The topological polar surface area (TPSA) is 150 Å². The molecule has 46 heavy (non-hydrogen) atoms. The minimum absolute atomic E-state index is 0.0278. The van der Waals surface area contributed by atoms with Crippen LogP contribution in [0.4, 0.5) is 9.93 Å². The van der Waals surface area contributed by atoms with E-state index in [2.05, 4.69) is 14.8 Å². The van der Waals surface area contributed by atoms with Crippen LogP contribution < -0.4 is 9.46 Å². The molecule has 5 aromatic rings. The number of aryl methyl sites for hydroxylation is 1. The Morgan fingerprint density at radius 3 is 2.48 bits per heavy atom. The molecule has 0 unspecified atom stereocenters. The van der Waals surface area contributed by atoms with Crippen molar-refractivity contribution < 1.29 is 23.1 Å². The van der Waals surface area contributed by atoms with Gasteiger partial charge in [-0.25, -0.2) is 18.2 Å². The molecule has 2 aromatic heterocycles. The van der Waals surface area contributed by atoms with E-state index >= 15 is 0 Å². The Kier molecular flexibility index (Phi) is 9.13. The first-order valence-electron chi connectivity index (χ1n) is 14.2. The molecule has 236 valence electrons. The second kappa shape index (κ2) is 13.0. The number of aromatic nitrogens is 3. The summed E-state index contributed by atoms with van der Waals surface area (Å²) in [5.74, 6) is 0.587. The molecule has 0 atom stereocenters. The van der Waals surface area contributed by atoms with E-state index < -0.39 is 16.1 Å². The molecule has 13 heteroatoms. The summed E-state index contributed by atoms with van der Waals surface area (Å²) in [5.41, 5.74) is 3.74. The summed E-state index contributed by atoms with van der Waals surface area (Å²) in [7, 11) is -2.18. The summed E-state index contributed by atoms with van der Waals surface area (Å²) < 4.78 is 36.2. The summed E-state index contributed by atoms with van der Waals surface area (Å²) in [4.78, 5) is 17.4. The molecule has 5 rings (SSSR count). The molecular weight excluding hydrogens is 625 g/mol. The second-order valence-corrected chi connectivity index (χ2v) is 14.3. The van der Waals surface area contributed by atoms with Crippen LogP contribution in [0.25, 0.3) is 22.4 Å². The molecule has 0 aliphatic heterocycles. The maximum Gasteiger partial charge on any atom is 0.407 e. The van der Waals surface area contributed by atoms with Crippen LogP contribution in [0.15, 0.2) is 89.4 Å². The van der Waals surface area contributed by atoms with Crippen LogP contribution >= 0.6 is 11.3 Å². The zero-order valence-corrected chi connectivity index (χ0v) is 27.3. The fraction of sp³-hybridized carbons (Fsp3) is 0.212. The second-order valence-electron chi connectivity index (χ2n) is 11.7. The van der Waals surface area contributed by atoms with Gasteiger partial charge in [-0.05, 0) is 58.5 Å². The number of sulfonamides is 1. The number of hydrogen-bond donors (Lipinski definition) is 2. The van der Waals surface area contributed by atoms with Gasteiger partial charge in [-0.15, -0.1) is 11.3 Å². The number of carboxylic acid groups (broad SMARTS) is 1. The van der Waals surface area contributed by atoms with Crippen LogP contribution in [0.3, 0.4) is 0 Å². The molecule has 3 aromatic carbocycles. The molecule has 0 saturated heterocycles. The minimum Gasteiger partial charge on any atom is -0.465 e. The highest BCUT2D eigenvalue weighted by molar-refractivity contribution is 7.93. The average molecular weight is 657 g/mol. The van der Waals surface area contributed by atoms with Gasteiger partial charge in [-0.2, -0.15) is 10.4 Å². The number of carbonyl (C=O) groups is 1. The van der Waals surface area contributed by atoms with Gasteiger partial charge in [0.15, 0.2) is 5.13 Å². The van der Waals surface area contributed by atoms with Crippen LogP contribution in [0, 0.1) is 16.7 Å². The molecular formula is C33H32N6O5S2. The van der Waals surface area contributed by atoms with E-state index in [1.54, 1.807) is 29.4 Å². The van der Waals surface area contributed by atoms with E-state index in [0.29, 0.717) is 17.9 Å². The number of nitriles is 1. The molecule has 2 heterocycles. The van der Waals surface area contributed by atoms with Crippen LogP contribution in [-0.4, -0.2) is 45.8 Å². The molecule has 0 saturated carbocycles. The molecule has 0 fully saturated rings. The monoisotopic (exact) mass is 656 g/mol. The fourth-order valence-corrected chi connectivity index (χ4v) is 6.77. The number of thiazole rings is 1. The van der Waals surface area contributed by atoms with E-state index in [9.17, 15) is 23.6 Å². The maximum absolute atomic E-state index is 12.9. The Morgan fingerprint density at radius 1 is 1.07 bits per heavy atom.